The topological polar surface area (TPSA) is 53.0 Å². The van der Waals surface area contributed by atoms with Crippen molar-refractivity contribution < 1.29 is 14.6 Å². The second-order valence-electron chi connectivity index (χ2n) is 6.76. The predicted molar refractivity (Wildman–Crippen MR) is 80.0 cm³/mol. The zero-order valence-electron chi connectivity index (χ0n) is 12.9. The molecule has 3 aliphatic rings. The van der Waals surface area contributed by atoms with Crippen molar-refractivity contribution >= 4 is 5.91 Å². The Balaban J connectivity index is 1.65. The van der Waals surface area contributed by atoms with Gasteiger partial charge in [-0.15, -0.1) is 0 Å². The second-order valence-corrected chi connectivity index (χ2v) is 6.76. The summed E-state index contributed by atoms with van der Waals surface area (Å²) in [7, 11) is 0. The van der Waals surface area contributed by atoms with E-state index in [9.17, 15) is 9.90 Å². The first kappa shape index (κ1) is 15.3. The minimum Gasteiger partial charge on any atom is -0.390 e. The Labute approximate surface area is 127 Å². The van der Waals surface area contributed by atoms with Gasteiger partial charge in [0.25, 0.3) is 0 Å². The number of aliphatic hydroxyl groups is 1. The lowest BCUT2D eigenvalue weighted by atomic mass is 9.94. The third-order valence-electron chi connectivity index (χ3n) is 5.23. The van der Waals surface area contributed by atoms with Crippen LogP contribution < -0.4 is 0 Å². The molecule has 3 fully saturated rings. The molecule has 2 saturated heterocycles. The molecule has 1 atom stereocenters. The molecule has 0 aromatic heterocycles. The van der Waals surface area contributed by atoms with Crippen LogP contribution >= 0.6 is 0 Å². The van der Waals surface area contributed by atoms with Gasteiger partial charge in [-0.3, -0.25) is 9.69 Å². The van der Waals surface area contributed by atoms with Crippen molar-refractivity contribution in [3.63, 3.8) is 0 Å². The predicted octanol–water partition coefficient (Wildman–Crippen LogP) is 1.00. The van der Waals surface area contributed by atoms with Crippen molar-refractivity contribution in [1.29, 1.82) is 0 Å². The van der Waals surface area contributed by atoms with E-state index in [2.05, 4.69) is 4.90 Å². The first-order chi connectivity index (χ1) is 10.2. The minimum atomic E-state index is -0.416. The third kappa shape index (κ3) is 3.76. The van der Waals surface area contributed by atoms with Gasteiger partial charge in [0.1, 0.15) is 0 Å². The highest BCUT2D eigenvalue weighted by Gasteiger charge is 2.34. The van der Waals surface area contributed by atoms with Crippen LogP contribution in [0.15, 0.2) is 0 Å². The number of aliphatic hydroxyl groups excluding tert-OH is 1. The molecule has 0 bridgehead atoms. The number of carbonyl (C=O) groups excluding carboxylic acids is 1. The van der Waals surface area contributed by atoms with Gasteiger partial charge in [-0.25, -0.2) is 0 Å². The summed E-state index contributed by atoms with van der Waals surface area (Å²) < 4.78 is 5.41. The molecule has 0 aromatic rings. The van der Waals surface area contributed by atoms with Crippen LogP contribution in [0.4, 0.5) is 0 Å². The van der Waals surface area contributed by atoms with Gasteiger partial charge in [-0.1, -0.05) is 19.3 Å². The fourth-order valence-electron chi connectivity index (χ4n) is 4.06. The molecule has 1 N–H and O–H groups in total. The molecular weight excluding hydrogens is 268 g/mol. The Morgan fingerprint density at radius 3 is 2.38 bits per heavy atom. The first-order valence-corrected chi connectivity index (χ1v) is 8.53. The number of amides is 1. The minimum absolute atomic E-state index is 0.213. The van der Waals surface area contributed by atoms with E-state index in [0.29, 0.717) is 31.7 Å². The normalized spacial score (nSPS) is 31.4. The number of nitrogens with zero attached hydrogens (tertiary/aromatic N) is 2. The summed E-state index contributed by atoms with van der Waals surface area (Å²) in [5.41, 5.74) is 0. The number of hydrogen-bond donors (Lipinski definition) is 1. The van der Waals surface area contributed by atoms with Crippen molar-refractivity contribution in [3.8, 4) is 0 Å². The Bertz CT molecular complexity index is 351. The monoisotopic (exact) mass is 296 g/mol. The molecule has 2 heterocycles. The molecule has 0 spiro atoms. The Morgan fingerprint density at radius 1 is 0.952 bits per heavy atom. The van der Waals surface area contributed by atoms with E-state index in [0.717, 1.165) is 38.9 Å². The number of β-amino-alcohol motifs (C(OH)–C–C–N with tert-alkyl or cyclic N) is 1. The summed E-state index contributed by atoms with van der Waals surface area (Å²) in [5, 5.41) is 10.3. The second kappa shape index (κ2) is 7.07. The smallest absolute Gasteiger partial charge is 0.237 e. The fraction of sp³-hybridized carbons (Fsp3) is 0.938. The SMILES string of the molecule is O=C1CN(C2CCOCC2)CC(O)CN1C1CCCCC1. The molecule has 1 amide bonds. The zero-order valence-corrected chi connectivity index (χ0v) is 12.9. The number of ether oxygens (including phenoxy) is 1. The maximum absolute atomic E-state index is 12.7. The summed E-state index contributed by atoms with van der Waals surface area (Å²) in [6, 6.07) is 0.749. The Kier molecular flexibility index (Phi) is 5.14. The van der Waals surface area contributed by atoms with E-state index in [4.69, 9.17) is 4.74 Å². The molecule has 5 nitrogen and oxygen atoms in total. The quantitative estimate of drug-likeness (QED) is 0.826. The Hall–Kier alpha value is -0.650. The van der Waals surface area contributed by atoms with E-state index < -0.39 is 6.10 Å². The van der Waals surface area contributed by atoms with Crippen LogP contribution in [0.1, 0.15) is 44.9 Å². The molecule has 2 aliphatic heterocycles. The van der Waals surface area contributed by atoms with Gasteiger partial charge in [0.15, 0.2) is 0 Å². The van der Waals surface area contributed by atoms with Crippen LogP contribution in [0.3, 0.4) is 0 Å². The molecule has 0 aromatic carbocycles. The molecule has 21 heavy (non-hydrogen) atoms. The average Bonchev–Trinajstić information content (AvgIpc) is 2.68. The van der Waals surface area contributed by atoms with E-state index in [1.807, 2.05) is 4.90 Å². The van der Waals surface area contributed by atoms with Crippen LogP contribution in [0, 0.1) is 0 Å². The van der Waals surface area contributed by atoms with E-state index in [-0.39, 0.29) is 5.91 Å². The number of hydrogen-bond acceptors (Lipinski definition) is 4. The molecule has 1 unspecified atom stereocenters. The maximum atomic E-state index is 12.7. The van der Waals surface area contributed by atoms with Crippen LogP contribution in [0.5, 0.6) is 0 Å². The van der Waals surface area contributed by atoms with Gasteiger partial charge >= 0.3 is 0 Å². The molecule has 120 valence electrons. The highest BCUT2D eigenvalue weighted by molar-refractivity contribution is 5.79. The van der Waals surface area contributed by atoms with Crippen LogP contribution in [-0.2, 0) is 9.53 Å². The number of rotatable bonds is 2. The van der Waals surface area contributed by atoms with E-state index in [1.165, 1.54) is 19.3 Å². The number of carbonyl (C=O) groups is 1. The zero-order chi connectivity index (χ0) is 14.7. The molecule has 1 saturated carbocycles. The summed E-state index contributed by atoms with van der Waals surface area (Å²) in [6.07, 6.45) is 7.47. The third-order valence-corrected chi connectivity index (χ3v) is 5.23. The van der Waals surface area contributed by atoms with Gasteiger partial charge in [0, 0.05) is 38.4 Å². The summed E-state index contributed by atoms with van der Waals surface area (Å²) in [4.78, 5) is 16.8. The largest absolute Gasteiger partial charge is 0.390 e. The van der Waals surface area contributed by atoms with Gasteiger partial charge in [-0.05, 0) is 25.7 Å². The molecule has 3 rings (SSSR count). The van der Waals surface area contributed by atoms with Crippen molar-refractivity contribution in [3.05, 3.63) is 0 Å². The van der Waals surface area contributed by atoms with E-state index in [1.54, 1.807) is 0 Å². The highest BCUT2D eigenvalue weighted by atomic mass is 16.5. The van der Waals surface area contributed by atoms with Gasteiger partial charge in [0.05, 0.1) is 12.6 Å². The van der Waals surface area contributed by atoms with Crippen molar-refractivity contribution in [1.82, 2.24) is 9.80 Å². The summed E-state index contributed by atoms with van der Waals surface area (Å²) in [5.74, 6) is 0.213. The maximum Gasteiger partial charge on any atom is 0.237 e. The van der Waals surface area contributed by atoms with Crippen LogP contribution in [0.2, 0.25) is 0 Å². The highest BCUT2D eigenvalue weighted by Crippen LogP contribution is 2.25. The molecular formula is C16H28N2O3. The van der Waals surface area contributed by atoms with Crippen LogP contribution in [0.25, 0.3) is 0 Å². The molecule has 5 heteroatoms. The average molecular weight is 296 g/mol. The van der Waals surface area contributed by atoms with Crippen molar-refractivity contribution in [2.45, 2.75) is 63.1 Å². The van der Waals surface area contributed by atoms with Crippen LogP contribution in [-0.4, -0.2) is 71.8 Å². The standard InChI is InChI=1S/C16H28N2O3/c19-15-10-17(13-6-8-21-9-7-13)12-16(20)18(11-15)14-4-2-1-3-5-14/h13-15,19H,1-12H2. The van der Waals surface area contributed by atoms with Gasteiger partial charge in [-0.2, -0.15) is 0 Å². The van der Waals surface area contributed by atoms with Gasteiger partial charge < -0.3 is 14.7 Å². The lowest BCUT2D eigenvalue weighted by Crippen LogP contribution is -2.46. The Morgan fingerprint density at radius 2 is 1.67 bits per heavy atom. The fourth-order valence-corrected chi connectivity index (χ4v) is 4.06. The summed E-state index contributed by atoms with van der Waals surface area (Å²) >= 11 is 0. The van der Waals surface area contributed by atoms with Crippen molar-refractivity contribution in [2.75, 3.05) is 32.8 Å². The summed E-state index contributed by atoms with van der Waals surface area (Å²) in [6.45, 7) is 3.16. The lowest BCUT2D eigenvalue weighted by Gasteiger charge is -2.35. The van der Waals surface area contributed by atoms with Crippen molar-refractivity contribution in [2.24, 2.45) is 0 Å². The molecule has 1 aliphatic carbocycles. The lowest BCUT2D eigenvalue weighted by molar-refractivity contribution is -0.135. The molecule has 0 radical (unpaired) electrons. The first-order valence-electron chi connectivity index (χ1n) is 8.53. The van der Waals surface area contributed by atoms with E-state index >= 15 is 0 Å². The van der Waals surface area contributed by atoms with Gasteiger partial charge in [0.2, 0.25) is 5.91 Å².